The molecule has 1 aliphatic carbocycles. The lowest BCUT2D eigenvalue weighted by Crippen LogP contribution is -2.29. The molecule has 0 radical (unpaired) electrons. The number of unbranched alkanes of at least 4 members (excludes halogenated alkanes) is 4. The van der Waals surface area contributed by atoms with Crippen molar-refractivity contribution in [1.29, 1.82) is 0 Å². The monoisotopic (exact) mass is 391 g/mol. The quantitative estimate of drug-likeness (QED) is 0.374. The molecule has 29 heavy (non-hydrogen) atoms. The van der Waals surface area contributed by atoms with Gasteiger partial charge in [-0.3, -0.25) is 0 Å². The first-order valence-corrected chi connectivity index (χ1v) is 11.1. The molecular formula is C26H33NO2. The van der Waals surface area contributed by atoms with Crippen molar-refractivity contribution in [1.82, 2.24) is 0 Å². The van der Waals surface area contributed by atoms with Gasteiger partial charge in [-0.2, -0.15) is 0 Å². The van der Waals surface area contributed by atoms with Crippen LogP contribution in [0.25, 0.3) is 0 Å². The summed E-state index contributed by atoms with van der Waals surface area (Å²) in [6.07, 6.45) is 12.1. The molecule has 0 saturated carbocycles. The summed E-state index contributed by atoms with van der Waals surface area (Å²) in [7, 11) is 1.73. The zero-order chi connectivity index (χ0) is 20.1. The third kappa shape index (κ3) is 4.44. The lowest BCUT2D eigenvalue weighted by atomic mass is 9.77. The van der Waals surface area contributed by atoms with Crippen LogP contribution in [0.4, 0.5) is 5.69 Å². The van der Waals surface area contributed by atoms with E-state index in [4.69, 9.17) is 9.47 Å². The van der Waals surface area contributed by atoms with Crippen LogP contribution in [0.1, 0.15) is 68.5 Å². The van der Waals surface area contributed by atoms with Crippen molar-refractivity contribution < 1.29 is 9.47 Å². The van der Waals surface area contributed by atoms with Gasteiger partial charge in [-0.25, -0.2) is 0 Å². The van der Waals surface area contributed by atoms with E-state index in [1.54, 1.807) is 7.11 Å². The van der Waals surface area contributed by atoms with E-state index in [0.29, 0.717) is 17.9 Å². The van der Waals surface area contributed by atoms with Crippen molar-refractivity contribution in [3.05, 3.63) is 65.7 Å². The van der Waals surface area contributed by atoms with Crippen LogP contribution in [0.5, 0.6) is 11.5 Å². The van der Waals surface area contributed by atoms with Crippen LogP contribution < -0.4 is 14.8 Å². The Labute approximate surface area is 175 Å². The molecule has 0 amide bonds. The van der Waals surface area contributed by atoms with E-state index in [-0.39, 0.29) is 0 Å². The average Bonchev–Trinajstić information content (AvgIpc) is 3.26. The van der Waals surface area contributed by atoms with Gasteiger partial charge in [0.15, 0.2) is 0 Å². The first-order chi connectivity index (χ1) is 14.3. The molecule has 4 rings (SSSR count). The number of fused-ring (bicyclic) bond motifs is 3. The summed E-state index contributed by atoms with van der Waals surface area (Å²) in [6.45, 7) is 3.06. The van der Waals surface area contributed by atoms with Gasteiger partial charge in [-0.15, -0.1) is 0 Å². The SMILES string of the molecule is CCCCCCCOc1ccc2c(c1)C1C=CCC1C(c1cccc(OC)c1)N2. The molecule has 2 aliphatic rings. The topological polar surface area (TPSA) is 30.5 Å². The molecule has 1 aliphatic heterocycles. The minimum Gasteiger partial charge on any atom is -0.497 e. The van der Waals surface area contributed by atoms with Crippen molar-refractivity contribution in [2.24, 2.45) is 5.92 Å². The third-order valence-electron chi connectivity index (χ3n) is 6.30. The number of nitrogens with one attached hydrogen (secondary N) is 1. The molecule has 154 valence electrons. The molecule has 0 fully saturated rings. The number of rotatable bonds is 9. The van der Waals surface area contributed by atoms with E-state index in [2.05, 4.69) is 60.8 Å². The highest BCUT2D eigenvalue weighted by Crippen LogP contribution is 2.50. The second-order valence-corrected chi connectivity index (χ2v) is 8.26. The van der Waals surface area contributed by atoms with E-state index in [0.717, 1.165) is 30.9 Å². The van der Waals surface area contributed by atoms with Gasteiger partial charge >= 0.3 is 0 Å². The second-order valence-electron chi connectivity index (χ2n) is 8.26. The van der Waals surface area contributed by atoms with Gasteiger partial charge in [-0.05, 0) is 60.2 Å². The number of ether oxygens (including phenoxy) is 2. The Balaban J connectivity index is 1.48. The molecule has 0 spiro atoms. The molecule has 0 aromatic heterocycles. The smallest absolute Gasteiger partial charge is 0.119 e. The Bertz CT molecular complexity index is 844. The van der Waals surface area contributed by atoms with E-state index in [9.17, 15) is 0 Å². The van der Waals surface area contributed by atoms with Crippen LogP contribution in [0.3, 0.4) is 0 Å². The lowest BCUT2D eigenvalue weighted by Gasteiger charge is -2.37. The summed E-state index contributed by atoms with van der Waals surface area (Å²) >= 11 is 0. The van der Waals surface area contributed by atoms with Crippen LogP contribution in [-0.2, 0) is 0 Å². The van der Waals surface area contributed by atoms with E-state index in [1.165, 1.54) is 42.5 Å². The molecule has 2 aromatic carbocycles. The third-order valence-corrected chi connectivity index (χ3v) is 6.30. The van der Waals surface area contributed by atoms with Gasteiger partial charge in [0.2, 0.25) is 0 Å². The lowest BCUT2D eigenvalue weighted by molar-refractivity contribution is 0.303. The van der Waals surface area contributed by atoms with Gasteiger partial charge in [0.25, 0.3) is 0 Å². The number of benzene rings is 2. The molecular weight excluding hydrogens is 358 g/mol. The molecule has 1 N–H and O–H groups in total. The fourth-order valence-corrected chi connectivity index (χ4v) is 4.72. The summed E-state index contributed by atoms with van der Waals surface area (Å²) in [6, 6.07) is 15.3. The standard InChI is InChI=1S/C26H33NO2/c1-3-4-5-6-7-16-29-21-14-15-25-24(18-21)22-12-9-13-23(22)26(27-25)19-10-8-11-20(17-19)28-2/h8-12,14-15,17-18,22-23,26-27H,3-7,13,16H2,1-2H3. The van der Waals surface area contributed by atoms with Crippen molar-refractivity contribution >= 4 is 5.69 Å². The molecule has 3 atom stereocenters. The van der Waals surface area contributed by atoms with Crippen LogP contribution in [-0.4, -0.2) is 13.7 Å². The highest BCUT2D eigenvalue weighted by molar-refractivity contribution is 5.62. The van der Waals surface area contributed by atoms with Gasteiger partial charge in [-0.1, -0.05) is 56.9 Å². The Morgan fingerprint density at radius 1 is 1.00 bits per heavy atom. The molecule has 1 heterocycles. The fraction of sp³-hybridized carbons (Fsp3) is 0.462. The van der Waals surface area contributed by atoms with E-state index in [1.807, 2.05) is 6.07 Å². The minimum absolute atomic E-state index is 0.294. The zero-order valence-corrected chi connectivity index (χ0v) is 17.7. The van der Waals surface area contributed by atoms with E-state index >= 15 is 0 Å². The highest BCUT2D eigenvalue weighted by atomic mass is 16.5. The van der Waals surface area contributed by atoms with E-state index < -0.39 is 0 Å². The average molecular weight is 392 g/mol. The number of methoxy groups -OCH3 is 1. The molecule has 0 bridgehead atoms. The van der Waals surface area contributed by atoms with Gasteiger partial charge < -0.3 is 14.8 Å². The van der Waals surface area contributed by atoms with Crippen molar-refractivity contribution in [2.45, 2.75) is 57.4 Å². The summed E-state index contributed by atoms with van der Waals surface area (Å²) < 4.78 is 11.5. The minimum atomic E-state index is 0.294. The maximum absolute atomic E-state index is 6.07. The fourth-order valence-electron chi connectivity index (χ4n) is 4.72. The molecule has 3 unspecified atom stereocenters. The van der Waals surface area contributed by atoms with Crippen LogP contribution >= 0.6 is 0 Å². The number of allylic oxidation sites excluding steroid dienone is 2. The molecule has 3 heteroatoms. The Hall–Kier alpha value is -2.42. The maximum Gasteiger partial charge on any atom is 0.119 e. The van der Waals surface area contributed by atoms with Crippen LogP contribution in [0.15, 0.2) is 54.6 Å². The predicted molar refractivity (Wildman–Crippen MR) is 120 cm³/mol. The second kappa shape index (κ2) is 9.39. The zero-order valence-electron chi connectivity index (χ0n) is 17.7. The molecule has 3 nitrogen and oxygen atoms in total. The number of anilines is 1. The van der Waals surface area contributed by atoms with Gasteiger partial charge in [0.1, 0.15) is 11.5 Å². The van der Waals surface area contributed by atoms with Gasteiger partial charge in [0.05, 0.1) is 19.8 Å². The number of hydrogen-bond acceptors (Lipinski definition) is 3. The Morgan fingerprint density at radius 2 is 1.90 bits per heavy atom. The molecule has 2 aromatic rings. The highest BCUT2D eigenvalue weighted by Gasteiger charge is 2.38. The van der Waals surface area contributed by atoms with Crippen molar-refractivity contribution in [3.8, 4) is 11.5 Å². The van der Waals surface area contributed by atoms with Crippen molar-refractivity contribution in [3.63, 3.8) is 0 Å². The summed E-state index contributed by atoms with van der Waals surface area (Å²) in [4.78, 5) is 0. The largest absolute Gasteiger partial charge is 0.497 e. The first-order valence-electron chi connectivity index (χ1n) is 11.1. The van der Waals surface area contributed by atoms with Crippen LogP contribution in [0.2, 0.25) is 0 Å². The Kier molecular flexibility index (Phi) is 6.43. The normalized spacial score (nSPS) is 21.9. The Morgan fingerprint density at radius 3 is 2.76 bits per heavy atom. The summed E-state index contributed by atoms with van der Waals surface area (Å²) in [5.74, 6) is 2.88. The summed E-state index contributed by atoms with van der Waals surface area (Å²) in [5.41, 5.74) is 3.88. The first kappa shape index (κ1) is 19.9. The predicted octanol–water partition coefficient (Wildman–Crippen LogP) is 6.87. The van der Waals surface area contributed by atoms with Crippen molar-refractivity contribution in [2.75, 3.05) is 19.0 Å². The maximum atomic E-state index is 6.07. The van der Waals surface area contributed by atoms with Gasteiger partial charge in [0, 0.05) is 11.6 Å². The molecule has 0 saturated heterocycles. The van der Waals surface area contributed by atoms with Crippen LogP contribution in [0, 0.1) is 5.92 Å². The number of hydrogen-bond donors (Lipinski definition) is 1. The summed E-state index contributed by atoms with van der Waals surface area (Å²) in [5, 5.41) is 3.80.